The average Bonchev–Trinajstić information content (AvgIpc) is 3.32. The van der Waals surface area contributed by atoms with Gasteiger partial charge in [0.2, 0.25) is 11.8 Å². The number of nitrogens with zero attached hydrogens (tertiary/aromatic N) is 2. The largest absolute Gasteiger partial charge is 0.496 e. The fourth-order valence-corrected chi connectivity index (χ4v) is 4.35. The summed E-state index contributed by atoms with van der Waals surface area (Å²) in [6.07, 6.45) is -8.58. The molecule has 0 saturated carbocycles. The van der Waals surface area contributed by atoms with Gasteiger partial charge in [0.05, 0.1) is 24.4 Å². The van der Waals surface area contributed by atoms with E-state index in [0.29, 0.717) is 29.1 Å². The lowest BCUT2D eigenvalue weighted by Gasteiger charge is -2.32. The second-order valence-corrected chi connectivity index (χ2v) is 8.94. The first kappa shape index (κ1) is 27.8. The third-order valence-electron chi connectivity index (χ3n) is 6.24. The number of anilines is 1. The summed E-state index contributed by atoms with van der Waals surface area (Å²) in [4.78, 5) is 27.1. The van der Waals surface area contributed by atoms with Crippen LogP contribution in [0.15, 0.2) is 42.6 Å². The number of halogens is 6. The van der Waals surface area contributed by atoms with Crippen molar-refractivity contribution in [2.75, 3.05) is 26.5 Å². The van der Waals surface area contributed by atoms with Crippen LogP contribution in [0, 0.1) is 5.92 Å². The predicted molar refractivity (Wildman–Crippen MR) is 125 cm³/mol. The van der Waals surface area contributed by atoms with E-state index in [-0.39, 0.29) is 17.4 Å². The molecule has 1 aromatic heterocycles. The number of nitrogens with one attached hydrogen (secondary N) is 2. The maximum absolute atomic E-state index is 13.5. The van der Waals surface area contributed by atoms with Gasteiger partial charge in [-0.05, 0) is 29.8 Å². The van der Waals surface area contributed by atoms with Gasteiger partial charge in [0.25, 0.3) is 0 Å². The number of fused-ring (bicyclic) bond motifs is 1. The summed E-state index contributed by atoms with van der Waals surface area (Å²) >= 11 is 0. The normalized spacial score (nSPS) is 17.3. The van der Waals surface area contributed by atoms with Crippen molar-refractivity contribution in [3.8, 4) is 11.5 Å². The van der Waals surface area contributed by atoms with Gasteiger partial charge in [-0.15, -0.1) is 0 Å². The molecule has 0 aliphatic carbocycles. The Morgan fingerprint density at radius 2 is 1.74 bits per heavy atom. The highest BCUT2D eigenvalue weighted by molar-refractivity contribution is 6.09. The lowest BCUT2D eigenvalue weighted by atomic mass is 9.78. The summed E-state index contributed by atoms with van der Waals surface area (Å²) in [6, 6.07) is 5.68. The molecule has 1 aliphatic heterocycles. The highest BCUT2D eigenvalue weighted by atomic mass is 19.4. The van der Waals surface area contributed by atoms with Crippen LogP contribution in [0.5, 0.6) is 11.5 Å². The van der Waals surface area contributed by atoms with Crippen LogP contribution in [0.3, 0.4) is 0 Å². The van der Waals surface area contributed by atoms with Crippen LogP contribution in [0.4, 0.5) is 32.2 Å². The Morgan fingerprint density at radius 1 is 1.03 bits per heavy atom. The quantitative estimate of drug-likeness (QED) is 0.335. The topological polar surface area (TPSA) is 96.5 Å². The minimum Gasteiger partial charge on any atom is -0.496 e. The van der Waals surface area contributed by atoms with Crippen LogP contribution in [0.25, 0.3) is 0 Å². The Hall–Kier alpha value is -4.23. The van der Waals surface area contributed by atoms with Crippen molar-refractivity contribution in [1.29, 1.82) is 0 Å². The molecular formula is C25H22F6N4O4. The maximum Gasteiger partial charge on any atom is 0.419 e. The molecular weight excluding hydrogens is 534 g/mol. The molecule has 2 amide bonds. The number of carbonyl (C=O) groups excluding carboxylic acids is 2. The minimum absolute atomic E-state index is 0.00577. The summed E-state index contributed by atoms with van der Waals surface area (Å²) in [5.74, 6) is -3.22. The van der Waals surface area contributed by atoms with Gasteiger partial charge in [-0.1, -0.05) is 12.1 Å². The molecule has 39 heavy (non-hydrogen) atoms. The summed E-state index contributed by atoms with van der Waals surface area (Å²) in [5, 5.41) is 9.23. The lowest BCUT2D eigenvalue weighted by Crippen LogP contribution is -2.44. The van der Waals surface area contributed by atoms with E-state index in [1.54, 1.807) is 6.07 Å². The number of benzene rings is 2. The van der Waals surface area contributed by atoms with Crippen molar-refractivity contribution < 1.29 is 45.4 Å². The second-order valence-electron chi connectivity index (χ2n) is 8.94. The molecule has 0 bridgehead atoms. The molecule has 2 aromatic carbocycles. The fourth-order valence-electron chi connectivity index (χ4n) is 4.35. The molecule has 2 N–H and O–H groups in total. The van der Waals surface area contributed by atoms with Crippen molar-refractivity contribution in [1.82, 2.24) is 15.1 Å². The number of ether oxygens (including phenoxy) is 2. The van der Waals surface area contributed by atoms with Crippen LogP contribution < -0.4 is 14.8 Å². The average molecular weight is 556 g/mol. The molecule has 14 heteroatoms. The number of aromatic nitrogens is 2. The van der Waals surface area contributed by atoms with Gasteiger partial charge in [0, 0.05) is 31.1 Å². The van der Waals surface area contributed by atoms with E-state index in [0.717, 1.165) is 0 Å². The molecule has 0 spiro atoms. The zero-order chi connectivity index (χ0) is 28.7. The first-order chi connectivity index (χ1) is 18.2. The molecule has 208 valence electrons. The zero-order valence-corrected chi connectivity index (χ0v) is 20.7. The van der Waals surface area contributed by atoms with Gasteiger partial charge in [0.15, 0.2) is 0 Å². The van der Waals surface area contributed by atoms with Crippen molar-refractivity contribution in [2.45, 2.75) is 24.9 Å². The van der Waals surface area contributed by atoms with Gasteiger partial charge < -0.3 is 19.7 Å². The van der Waals surface area contributed by atoms with Crippen molar-refractivity contribution >= 4 is 17.6 Å². The number of hydrogen-bond donors (Lipinski definition) is 2. The Morgan fingerprint density at radius 3 is 2.36 bits per heavy atom. The molecule has 3 aromatic rings. The monoisotopic (exact) mass is 556 g/mol. The minimum atomic E-state index is -5.09. The molecule has 0 radical (unpaired) electrons. The molecule has 2 heterocycles. The molecule has 2 atom stereocenters. The Balaban J connectivity index is 1.68. The SMILES string of the molecule is COc1cc(C2c3cn[nH]c3NC(=O)C2C(=O)N(C)C)ccc1COc1ccc(C(F)(F)F)cc1C(F)(F)F. The number of hydrogen-bond acceptors (Lipinski definition) is 5. The van der Waals surface area contributed by atoms with E-state index < -0.39 is 59.5 Å². The number of carbonyl (C=O) groups is 2. The first-order valence-electron chi connectivity index (χ1n) is 11.4. The highest BCUT2D eigenvalue weighted by Crippen LogP contribution is 2.43. The number of aromatic amines is 1. The van der Waals surface area contributed by atoms with Crippen LogP contribution in [-0.4, -0.2) is 48.1 Å². The van der Waals surface area contributed by atoms with Crippen molar-refractivity contribution in [2.24, 2.45) is 5.92 Å². The van der Waals surface area contributed by atoms with Crippen LogP contribution in [0.1, 0.15) is 33.7 Å². The Kier molecular flexibility index (Phi) is 7.23. The standard InChI is InChI=1S/C25H22F6N4O4/c1-35(2)23(37)20-19(15-10-32-34-21(15)33-22(20)36)12-4-5-13(18(8-12)38-3)11-39-17-7-6-14(24(26,27)28)9-16(17)25(29,30)31/h4-10,19-20H,11H2,1-3H3,(H2,32,33,34,36). The van der Waals surface area contributed by atoms with Crippen molar-refractivity contribution in [3.63, 3.8) is 0 Å². The van der Waals surface area contributed by atoms with Crippen LogP contribution in [-0.2, 0) is 28.5 Å². The lowest BCUT2D eigenvalue weighted by molar-refractivity contribution is -0.144. The van der Waals surface area contributed by atoms with Crippen LogP contribution >= 0.6 is 0 Å². The van der Waals surface area contributed by atoms with Crippen molar-refractivity contribution in [3.05, 3.63) is 70.4 Å². The first-order valence-corrected chi connectivity index (χ1v) is 11.4. The summed E-state index contributed by atoms with van der Waals surface area (Å²) in [7, 11) is 4.32. The third kappa shape index (κ3) is 5.49. The number of alkyl halides is 6. The van der Waals surface area contributed by atoms with Crippen LogP contribution in [0.2, 0.25) is 0 Å². The van der Waals surface area contributed by atoms with Gasteiger partial charge in [-0.3, -0.25) is 14.7 Å². The number of amides is 2. The van der Waals surface area contributed by atoms with E-state index in [9.17, 15) is 35.9 Å². The molecule has 2 unspecified atom stereocenters. The highest BCUT2D eigenvalue weighted by Gasteiger charge is 2.44. The fraction of sp³-hybridized carbons (Fsp3) is 0.320. The molecule has 4 rings (SSSR count). The summed E-state index contributed by atoms with van der Waals surface area (Å²) < 4.78 is 90.1. The Bertz CT molecular complexity index is 1400. The molecule has 0 saturated heterocycles. The smallest absolute Gasteiger partial charge is 0.419 e. The molecule has 0 fully saturated rings. The van der Waals surface area contributed by atoms with E-state index in [1.165, 1.54) is 44.4 Å². The van der Waals surface area contributed by atoms with Gasteiger partial charge in [-0.25, -0.2) is 0 Å². The summed E-state index contributed by atoms with van der Waals surface area (Å²) in [5.41, 5.74) is -1.73. The number of rotatable bonds is 6. The molecule has 1 aliphatic rings. The van der Waals surface area contributed by atoms with Gasteiger partial charge in [0.1, 0.15) is 29.8 Å². The third-order valence-corrected chi connectivity index (χ3v) is 6.24. The van der Waals surface area contributed by atoms with E-state index in [4.69, 9.17) is 9.47 Å². The maximum atomic E-state index is 13.5. The predicted octanol–water partition coefficient (Wildman–Crippen LogP) is 4.82. The molecule has 8 nitrogen and oxygen atoms in total. The Labute approximate surface area is 217 Å². The number of methoxy groups -OCH3 is 1. The summed E-state index contributed by atoms with van der Waals surface area (Å²) in [6.45, 7) is -0.472. The van der Waals surface area contributed by atoms with Gasteiger partial charge in [-0.2, -0.15) is 31.4 Å². The zero-order valence-electron chi connectivity index (χ0n) is 20.7. The van der Waals surface area contributed by atoms with E-state index >= 15 is 0 Å². The number of H-pyrrole nitrogens is 1. The second kappa shape index (κ2) is 10.2. The van der Waals surface area contributed by atoms with Gasteiger partial charge >= 0.3 is 12.4 Å². The van der Waals surface area contributed by atoms with E-state index in [1.807, 2.05) is 0 Å². The van der Waals surface area contributed by atoms with E-state index in [2.05, 4.69) is 15.5 Å².